The van der Waals surface area contributed by atoms with Crippen LogP contribution < -0.4 is 4.90 Å². The van der Waals surface area contributed by atoms with Crippen LogP contribution in [0.3, 0.4) is 0 Å². The number of hydrogen-bond acceptors (Lipinski definition) is 8. The second kappa shape index (κ2) is 9.89. The lowest BCUT2D eigenvalue weighted by Gasteiger charge is -2.35. The fourth-order valence-corrected chi connectivity index (χ4v) is 4.18. The van der Waals surface area contributed by atoms with Crippen molar-refractivity contribution >= 4 is 17.7 Å². The Kier molecular flexibility index (Phi) is 6.79. The summed E-state index contributed by atoms with van der Waals surface area (Å²) in [5.74, 6) is 2.24. The van der Waals surface area contributed by atoms with Crippen molar-refractivity contribution in [1.82, 2.24) is 20.0 Å². The summed E-state index contributed by atoms with van der Waals surface area (Å²) >= 11 is 0. The molecule has 0 N–H and O–H groups in total. The molecule has 0 radical (unpaired) electrons. The van der Waals surface area contributed by atoms with Crippen LogP contribution in [0.25, 0.3) is 11.4 Å². The predicted molar refractivity (Wildman–Crippen MR) is 113 cm³/mol. The van der Waals surface area contributed by atoms with E-state index in [-0.39, 0.29) is 24.7 Å². The molecule has 2 aromatic heterocycles. The Morgan fingerprint density at radius 3 is 2.58 bits per heavy atom. The van der Waals surface area contributed by atoms with E-state index in [2.05, 4.69) is 20.0 Å². The lowest BCUT2D eigenvalue weighted by molar-refractivity contribution is -0.145. The highest BCUT2D eigenvalue weighted by Gasteiger charge is 2.24. The number of hydrogen-bond donors (Lipinski definition) is 0. The van der Waals surface area contributed by atoms with E-state index in [0.717, 1.165) is 30.1 Å². The summed E-state index contributed by atoms with van der Waals surface area (Å²) in [6, 6.07) is 3.92. The number of aromatic nitrogens is 3. The van der Waals surface area contributed by atoms with Crippen LogP contribution in [-0.2, 0) is 14.3 Å². The molecule has 2 aromatic rings. The molecule has 166 valence electrons. The van der Waals surface area contributed by atoms with E-state index in [0.29, 0.717) is 44.5 Å². The smallest absolute Gasteiger partial charge is 0.306 e. The number of piperazine rings is 1. The zero-order valence-electron chi connectivity index (χ0n) is 18.0. The number of carbonyl (C=O) groups excluding carboxylic acids is 2. The summed E-state index contributed by atoms with van der Waals surface area (Å²) in [6.45, 7) is 4.72. The molecule has 1 aliphatic heterocycles. The van der Waals surface area contributed by atoms with Crippen molar-refractivity contribution in [3.8, 4) is 11.4 Å². The number of carbonyl (C=O) groups is 2. The molecule has 0 spiro atoms. The van der Waals surface area contributed by atoms with Crippen molar-refractivity contribution in [1.29, 1.82) is 0 Å². The Balaban J connectivity index is 1.28. The summed E-state index contributed by atoms with van der Waals surface area (Å²) in [7, 11) is 0. The van der Waals surface area contributed by atoms with Gasteiger partial charge in [-0.1, -0.05) is 18.0 Å². The van der Waals surface area contributed by atoms with Crippen LogP contribution in [0, 0.1) is 0 Å². The van der Waals surface area contributed by atoms with Crippen molar-refractivity contribution in [2.45, 2.75) is 51.4 Å². The lowest BCUT2D eigenvalue weighted by atomic mass is 10.1. The zero-order valence-corrected chi connectivity index (χ0v) is 18.0. The van der Waals surface area contributed by atoms with Crippen LogP contribution in [-0.4, -0.2) is 64.7 Å². The van der Waals surface area contributed by atoms with E-state index in [4.69, 9.17) is 9.26 Å². The van der Waals surface area contributed by atoms with Gasteiger partial charge in [0.15, 0.2) is 0 Å². The van der Waals surface area contributed by atoms with Gasteiger partial charge >= 0.3 is 5.97 Å². The second-order valence-electron chi connectivity index (χ2n) is 8.02. The molecule has 1 amide bonds. The van der Waals surface area contributed by atoms with Crippen molar-refractivity contribution in [3.05, 3.63) is 24.2 Å². The van der Waals surface area contributed by atoms with Crippen molar-refractivity contribution < 1.29 is 18.8 Å². The Hall–Kier alpha value is -2.97. The van der Waals surface area contributed by atoms with Crippen molar-refractivity contribution in [2.24, 2.45) is 0 Å². The lowest BCUT2D eigenvalue weighted by Crippen LogP contribution is -2.49. The molecule has 31 heavy (non-hydrogen) atoms. The van der Waals surface area contributed by atoms with E-state index in [1.165, 1.54) is 12.8 Å². The summed E-state index contributed by atoms with van der Waals surface area (Å²) in [6.07, 6.45) is 6.79. The van der Waals surface area contributed by atoms with E-state index in [9.17, 15) is 9.59 Å². The number of nitrogens with zero attached hydrogens (tertiary/aromatic N) is 5. The third kappa shape index (κ3) is 5.21. The highest BCUT2D eigenvalue weighted by molar-refractivity contribution is 5.81. The van der Waals surface area contributed by atoms with Crippen LogP contribution in [0.15, 0.2) is 22.9 Å². The molecule has 0 atom stereocenters. The number of rotatable bonds is 7. The molecule has 2 fully saturated rings. The van der Waals surface area contributed by atoms with Crippen LogP contribution in [0.4, 0.5) is 5.82 Å². The SMILES string of the molecule is CCOC(=O)CCC(=O)N1CCN(c2ccc(-c3noc(C4CCCC4)n3)cn2)CC1. The first kappa shape index (κ1) is 21.3. The molecule has 3 heterocycles. The van der Waals surface area contributed by atoms with E-state index in [1.54, 1.807) is 18.0 Å². The van der Waals surface area contributed by atoms with Gasteiger partial charge in [0.1, 0.15) is 5.82 Å². The minimum atomic E-state index is -0.323. The minimum Gasteiger partial charge on any atom is -0.466 e. The Bertz CT molecular complexity index is 884. The summed E-state index contributed by atoms with van der Waals surface area (Å²) in [5, 5.41) is 4.13. The maximum atomic E-state index is 12.3. The van der Waals surface area contributed by atoms with Gasteiger partial charge in [-0.3, -0.25) is 9.59 Å². The third-order valence-corrected chi connectivity index (χ3v) is 5.96. The number of esters is 1. The molecule has 9 heteroatoms. The molecule has 1 saturated heterocycles. The number of pyridine rings is 1. The fourth-order valence-electron chi connectivity index (χ4n) is 4.18. The molecular weight excluding hydrogens is 398 g/mol. The monoisotopic (exact) mass is 427 g/mol. The number of ether oxygens (including phenoxy) is 1. The van der Waals surface area contributed by atoms with Crippen molar-refractivity contribution in [3.63, 3.8) is 0 Å². The molecule has 0 aromatic carbocycles. The minimum absolute atomic E-state index is 0.00816. The normalized spacial score (nSPS) is 17.2. The number of anilines is 1. The van der Waals surface area contributed by atoms with Gasteiger partial charge in [0, 0.05) is 50.3 Å². The molecule has 1 aliphatic carbocycles. The molecule has 1 saturated carbocycles. The summed E-state index contributed by atoms with van der Waals surface area (Å²) in [5.41, 5.74) is 0.838. The third-order valence-electron chi connectivity index (χ3n) is 5.96. The quantitative estimate of drug-likeness (QED) is 0.622. The largest absolute Gasteiger partial charge is 0.466 e. The second-order valence-corrected chi connectivity index (χ2v) is 8.02. The molecule has 2 aliphatic rings. The van der Waals surface area contributed by atoms with Crippen LogP contribution in [0.1, 0.15) is 57.3 Å². The topological polar surface area (TPSA) is 102 Å². The maximum absolute atomic E-state index is 12.3. The predicted octanol–water partition coefficient (Wildman–Crippen LogP) is 2.78. The molecule has 0 unspecified atom stereocenters. The zero-order chi connectivity index (χ0) is 21.6. The maximum Gasteiger partial charge on any atom is 0.306 e. The average molecular weight is 428 g/mol. The van der Waals surface area contributed by atoms with Crippen LogP contribution >= 0.6 is 0 Å². The Morgan fingerprint density at radius 2 is 1.90 bits per heavy atom. The molecular formula is C22H29N5O4. The molecule has 9 nitrogen and oxygen atoms in total. The van der Waals surface area contributed by atoms with Gasteiger partial charge in [-0.15, -0.1) is 0 Å². The van der Waals surface area contributed by atoms with Crippen molar-refractivity contribution in [2.75, 3.05) is 37.7 Å². The Morgan fingerprint density at radius 1 is 1.13 bits per heavy atom. The fraction of sp³-hybridized carbons (Fsp3) is 0.591. The van der Waals surface area contributed by atoms with Gasteiger partial charge < -0.3 is 19.1 Å². The first-order valence-corrected chi connectivity index (χ1v) is 11.1. The Labute approximate surface area is 181 Å². The standard InChI is InChI=1S/C22H29N5O4/c1-2-30-20(29)10-9-19(28)27-13-11-26(12-14-27)18-8-7-17(15-23-18)21-24-22(31-25-21)16-5-3-4-6-16/h7-8,15-16H,2-6,9-14H2,1H3. The summed E-state index contributed by atoms with van der Waals surface area (Å²) < 4.78 is 10.3. The van der Waals surface area contributed by atoms with Crippen LogP contribution in [0.2, 0.25) is 0 Å². The highest BCUT2D eigenvalue weighted by atomic mass is 16.5. The molecule has 4 rings (SSSR count). The first-order valence-electron chi connectivity index (χ1n) is 11.1. The summed E-state index contributed by atoms with van der Waals surface area (Å²) in [4.78, 5) is 36.8. The average Bonchev–Trinajstić information content (AvgIpc) is 3.50. The van der Waals surface area contributed by atoms with E-state index >= 15 is 0 Å². The van der Waals surface area contributed by atoms with E-state index in [1.807, 2.05) is 12.1 Å². The highest BCUT2D eigenvalue weighted by Crippen LogP contribution is 2.33. The van der Waals surface area contributed by atoms with Gasteiger partial charge in [-0.2, -0.15) is 4.98 Å². The van der Waals surface area contributed by atoms with Gasteiger partial charge in [0.05, 0.1) is 13.0 Å². The first-order chi connectivity index (χ1) is 15.1. The van der Waals surface area contributed by atoms with Gasteiger partial charge in [0.2, 0.25) is 17.6 Å². The number of amides is 1. The molecule has 0 bridgehead atoms. The van der Waals surface area contributed by atoms with Crippen LogP contribution in [0.5, 0.6) is 0 Å². The van der Waals surface area contributed by atoms with Gasteiger partial charge in [0.25, 0.3) is 0 Å². The van der Waals surface area contributed by atoms with E-state index < -0.39 is 0 Å². The van der Waals surface area contributed by atoms with Gasteiger partial charge in [-0.25, -0.2) is 4.98 Å². The van der Waals surface area contributed by atoms with Gasteiger partial charge in [-0.05, 0) is 31.9 Å².